The Morgan fingerprint density at radius 1 is 1.02 bits per heavy atom. The Kier molecular flexibility index (Phi) is 9.52. The predicted octanol–water partition coefficient (Wildman–Crippen LogP) is 4.01. The van der Waals surface area contributed by atoms with E-state index in [0.29, 0.717) is 49.5 Å². The van der Waals surface area contributed by atoms with Crippen molar-refractivity contribution >= 4 is 15.7 Å². The number of methoxy groups -OCH3 is 1. The lowest BCUT2D eigenvalue weighted by atomic mass is 9.95. The number of hydroxylamine groups is 1. The van der Waals surface area contributed by atoms with Gasteiger partial charge in [-0.15, -0.1) is 0 Å². The zero-order valence-corrected chi connectivity index (χ0v) is 22.9. The SMILES string of the molecule is COCCN1CCC(C(=O)NO)(S(=O)(=O)c2ccc(OCCc3cccc(-c4ccc(F)cc4F)c3)cc2)CC1. The molecule has 0 aliphatic carbocycles. The summed E-state index contributed by atoms with van der Waals surface area (Å²) in [4.78, 5) is 14.7. The molecular weight excluding hydrogens is 542 g/mol. The first kappa shape index (κ1) is 29.6. The van der Waals surface area contributed by atoms with Crippen molar-refractivity contribution in [3.05, 3.63) is 83.9 Å². The van der Waals surface area contributed by atoms with Gasteiger partial charge in [0.2, 0.25) is 0 Å². The van der Waals surface area contributed by atoms with Crippen LogP contribution >= 0.6 is 0 Å². The van der Waals surface area contributed by atoms with E-state index in [9.17, 15) is 27.2 Å². The van der Waals surface area contributed by atoms with Gasteiger partial charge in [-0.1, -0.05) is 24.3 Å². The number of likely N-dealkylation sites (tertiary alicyclic amines) is 1. The molecule has 214 valence electrons. The highest BCUT2D eigenvalue weighted by Gasteiger charge is 2.52. The van der Waals surface area contributed by atoms with Gasteiger partial charge in [0.15, 0.2) is 14.6 Å². The minimum Gasteiger partial charge on any atom is -0.493 e. The fraction of sp³-hybridized carbons (Fsp3) is 0.345. The van der Waals surface area contributed by atoms with Gasteiger partial charge in [-0.3, -0.25) is 10.0 Å². The smallest absolute Gasteiger partial charge is 0.265 e. The first-order chi connectivity index (χ1) is 19.2. The van der Waals surface area contributed by atoms with Gasteiger partial charge in [0.05, 0.1) is 18.1 Å². The van der Waals surface area contributed by atoms with Crippen LogP contribution in [0, 0.1) is 11.6 Å². The predicted molar refractivity (Wildman–Crippen MR) is 145 cm³/mol. The van der Waals surface area contributed by atoms with Crippen LogP contribution in [0.2, 0.25) is 0 Å². The van der Waals surface area contributed by atoms with E-state index in [-0.39, 0.29) is 24.3 Å². The highest BCUT2D eigenvalue weighted by molar-refractivity contribution is 7.93. The number of halogens is 2. The number of sulfone groups is 1. The zero-order chi connectivity index (χ0) is 28.8. The largest absolute Gasteiger partial charge is 0.493 e. The van der Waals surface area contributed by atoms with Crippen molar-refractivity contribution in [1.82, 2.24) is 10.4 Å². The molecule has 1 heterocycles. The molecule has 1 saturated heterocycles. The number of amides is 1. The van der Waals surface area contributed by atoms with Crippen LogP contribution < -0.4 is 10.2 Å². The fourth-order valence-electron chi connectivity index (χ4n) is 4.92. The van der Waals surface area contributed by atoms with Crippen molar-refractivity contribution in [2.24, 2.45) is 0 Å². The topological polar surface area (TPSA) is 105 Å². The maximum Gasteiger partial charge on any atom is 0.265 e. The van der Waals surface area contributed by atoms with Gasteiger partial charge in [0, 0.05) is 44.8 Å². The minimum absolute atomic E-state index is 0.0323. The Hall–Kier alpha value is -3.38. The van der Waals surface area contributed by atoms with Crippen LogP contribution in [-0.2, 0) is 25.8 Å². The standard InChI is InChI=1S/C29H32F2N2O6S/c1-38-18-16-33-14-12-29(13-15-33,28(34)32-35)40(36,37)25-8-6-24(7-9-25)39-17-11-21-3-2-4-22(19-21)26-10-5-23(30)20-27(26)31/h2-10,19-20,35H,11-18H2,1H3,(H,32,34). The Labute approximate surface area is 232 Å². The number of hydrogen-bond acceptors (Lipinski definition) is 7. The number of benzene rings is 3. The summed E-state index contributed by atoms with van der Waals surface area (Å²) >= 11 is 0. The van der Waals surface area contributed by atoms with Crippen LogP contribution in [0.4, 0.5) is 8.78 Å². The lowest BCUT2D eigenvalue weighted by Gasteiger charge is -2.39. The molecule has 0 aromatic heterocycles. The summed E-state index contributed by atoms with van der Waals surface area (Å²) in [6, 6.07) is 16.5. The molecule has 0 spiro atoms. The summed E-state index contributed by atoms with van der Waals surface area (Å²) in [6.45, 7) is 2.12. The number of hydrogen-bond donors (Lipinski definition) is 2. The summed E-state index contributed by atoms with van der Waals surface area (Å²) in [5.74, 6) is -1.78. The molecule has 0 unspecified atom stereocenters. The van der Waals surface area contributed by atoms with E-state index in [1.165, 1.54) is 36.4 Å². The molecule has 40 heavy (non-hydrogen) atoms. The average Bonchev–Trinajstić information content (AvgIpc) is 2.96. The highest BCUT2D eigenvalue weighted by atomic mass is 32.2. The third-order valence-corrected chi connectivity index (χ3v) is 9.78. The van der Waals surface area contributed by atoms with Gasteiger partial charge >= 0.3 is 0 Å². The number of rotatable bonds is 11. The molecule has 2 N–H and O–H groups in total. The van der Waals surface area contributed by atoms with E-state index in [0.717, 1.165) is 11.6 Å². The van der Waals surface area contributed by atoms with E-state index in [1.54, 1.807) is 24.7 Å². The molecule has 11 heteroatoms. The lowest BCUT2D eigenvalue weighted by Crippen LogP contribution is -2.57. The van der Waals surface area contributed by atoms with Gasteiger partial charge in [0.25, 0.3) is 5.91 Å². The van der Waals surface area contributed by atoms with Crippen molar-refractivity contribution < 1.29 is 36.7 Å². The van der Waals surface area contributed by atoms with Crippen molar-refractivity contribution in [2.45, 2.75) is 28.9 Å². The van der Waals surface area contributed by atoms with E-state index in [2.05, 4.69) is 0 Å². The van der Waals surface area contributed by atoms with Crippen LogP contribution in [-0.4, -0.2) is 69.1 Å². The average molecular weight is 575 g/mol. The molecule has 8 nitrogen and oxygen atoms in total. The lowest BCUT2D eigenvalue weighted by molar-refractivity contribution is -0.133. The molecule has 3 aromatic rings. The van der Waals surface area contributed by atoms with Gasteiger partial charge < -0.3 is 14.4 Å². The number of ether oxygens (including phenoxy) is 2. The van der Waals surface area contributed by atoms with Crippen molar-refractivity contribution in [2.75, 3.05) is 40.0 Å². The van der Waals surface area contributed by atoms with Crippen molar-refractivity contribution in [1.29, 1.82) is 0 Å². The van der Waals surface area contributed by atoms with E-state index in [1.807, 2.05) is 17.0 Å². The first-order valence-electron chi connectivity index (χ1n) is 12.9. The Balaban J connectivity index is 1.41. The van der Waals surface area contributed by atoms with Gasteiger partial charge in [0.1, 0.15) is 17.4 Å². The maximum absolute atomic E-state index is 14.2. The zero-order valence-electron chi connectivity index (χ0n) is 22.1. The Bertz CT molecular complexity index is 1420. The second-order valence-electron chi connectivity index (χ2n) is 9.67. The summed E-state index contributed by atoms with van der Waals surface area (Å²) in [7, 11) is -2.55. The first-order valence-corrected chi connectivity index (χ1v) is 14.4. The van der Waals surface area contributed by atoms with Crippen LogP contribution in [0.5, 0.6) is 5.75 Å². The summed E-state index contributed by atoms with van der Waals surface area (Å²) in [5, 5.41) is 9.36. The minimum atomic E-state index is -4.14. The second-order valence-corrected chi connectivity index (χ2v) is 11.9. The fourth-order valence-corrected chi connectivity index (χ4v) is 6.88. The molecule has 1 aliphatic rings. The Morgan fingerprint density at radius 3 is 2.40 bits per heavy atom. The molecule has 4 rings (SSSR count). The van der Waals surface area contributed by atoms with Crippen molar-refractivity contribution in [3.63, 3.8) is 0 Å². The molecule has 3 aromatic carbocycles. The van der Waals surface area contributed by atoms with Crippen LogP contribution in [0.1, 0.15) is 18.4 Å². The number of carbonyl (C=O) groups is 1. The monoisotopic (exact) mass is 574 g/mol. The summed E-state index contributed by atoms with van der Waals surface area (Å²) in [6.07, 6.45) is 0.561. The van der Waals surface area contributed by atoms with E-state index >= 15 is 0 Å². The molecular formula is C29H32F2N2O6S. The molecule has 0 saturated carbocycles. The highest BCUT2D eigenvalue weighted by Crippen LogP contribution is 2.36. The molecule has 0 atom stereocenters. The third-order valence-electron chi connectivity index (χ3n) is 7.27. The van der Waals surface area contributed by atoms with Crippen LogP contribution in [0.25, 0.3) is 11.1 Å². The molecule has 1 amide bonds. The van der Waals surface area contributed by atoms with Crippen molar-refractivity contribution in [3.8, 4) is 16.9 Å². The molecule has 0 bridgehead atoms. The summed E-state index contributed by atoms with van der Waals surface area (Å²) in [5.41, 5.74) is 3.36. The normalized spacial score (nSPS) is 15.5. The molecule has 1 fully saturated rings. The molecule has 0 radical (unpaired) electrons. The number of nitrogens with one attached hydrogen (secondary N) is 1. The van der Waals surface area contributed by atoms with Crippen LogP contribution in [0.15, 0.2) is 71.6 Å². The van der Waals surface area contributed by atoms with Gasteiger partial charge in [-0.2, -0.15) is 0 Å². The van der Waals surface area contributed by atoms with E-state index < -0.39 is 32.1 Å². The summed E-state index contributed by atoms with van der Waals surface area (Å²) < 4.78 is 63.8. The maximum atomic E-state index is 14.2. The van der Waals surface area contributed by atoms with E-state index in [4.69, 9.17) is 9.47 Å². The number of nitrogens with zero attached hydrogens (tertiary/aromatic N) is 1. The third kappa shape index (κ3) is 6.33. The quantitative estimate of drug-likeness (QED) is 0.263. The molecule has 1 aliphatic heterocycles. The number of carbonyl (C=O) groups excluding carboxylic acids is 1. The van der Waals surface area contributed by atoms with Gasteiger partial charge in [-0.25, -0.2) is 22.7 Å². The second kappa shape index (κ2) is 12.9. The van der Waals surface area contributed by atoms with Gasteiger partial charge in [-0.05, 0) is 60.4 Å². The van der Waals surface area contributed by atoms with Crippen LogP contribution in [0.3, 0.4) is 0 Å². The number of piperidine rings is 1. The Morgan fingerprint density at radius 2 is 1.75 bits per heavy atom.